The Morgan fingerprint density at radius 2 is 1.29 bits per heavy atom. The number of aliphatic hydroxyl groups is 1. The molecule has 3 amide bonds. The maximum absolute atomic E-state index is 15.3. The van der Waals surface area contributed by atoms with Crippen molar-refractivity contribution in [1.82, 2.24) is 0 Å². The van der Waals surface area contributed by atoms with Gasteiger partial charge in [0.15, 0.2) is 5.60 Å². The Balaban J connectivity index is 1.25. The Hall–Kier alpha value is -5.95. The first-order valence-corrected chi connectivity index (χ1v) is 22.4. The summed E-state index contributed by atoms with van der Waals surface area (Å²) in [6, 6.07) is 34.8. The zero-order valence-corrected chi connectivity index (χ0v) is 34.6. The van der Waals surface area contributed by atoms with E-state index in [-0.39, 0.29) is 42.3 Å². The van der Waals surface area contributed by atoms with E-state index in [2.05, 4.69) is 42.8 Å². The highest BCUT2D eigenvalue weighted by Crippen LogP contribution is 2.60. The topological polar surface area (TPSA) is 136 Å². The lowest BCUT2D eigenvalue weighted by molar-refractivity contribution is -0.146. The van der Waals surface area contributed by atoms with Gasteiger partial charge in [-0.1, -0.05) is 49.5 Å². The molecule has 4 atom stereocenters. The van der Waals surface area contributed by atoms with Crippen LogP contribution in [0.3, 0.4) is 0 Å². The van der Waals surface area contributed by atoms with Crippen LogP contribution in [0.2, 0.25) is 18.6 Å². The third-order valence-corrected chi connectivity index (χ3v) is 16.1. The highest BCUT2D eigenvalue weighted by atomic mass is 28.3. The molecule has 1 spiro atoms. The van der Waals surface area contributed by atoms with Crippen LogP contribution >= 0.6 is 0 Å². The molecule has 1 saturated heterocycles. The summed E-state index contributed by atoms with van der Waals surface area (Å²) < 4.78 is 23.1. The number of fused-ring (bicyclic) bond motifs is 2. The molecule has 0 unspecified atom stereocenters. The van der Waals surface area contributed by atoms with Crippen LogP contribution in [-0.4, -0.2) is 64.9 Å². The van der Waals surface area contributed by atoms with Crippen molar-refractivity contribution >= 4 is 48.0 Å². The van der Waals surface area contributed by atoms with Gasteiger partial charge in [0.1, 0.15) is 17.2 Å². The first kappa shape index (κ1) is 40.3. The van der Waals surface area contributed by atoms with Crippen LogP contribution in [0.25, 0.3) is 0 Å². The van der Waals surface area contributed by atoms with Crippen LogP contribution in [0, 0.1) is 5.92 Å². The van der Waals surface area contributed by atoms with Crippen molar-refractivity contribution in [2.24, 2.45) is 5.92 Å². The minimum Gasteiger partial charge on any atom is -0.497 e. The summed E-state index contributed by atoms with van der Waals surface area (Å²) in [6.07, 6.45) is -0.0648. The van der Waals surface area contributed by atoms with Crippen LogP contribution < -0.4 is 34.9 Å². The van der Waals surface area contributed by atoms with E-state index >= 15 is 4.79 Å². The quantitative estimate of drug-likeness (QED) is 0.105. The average Bonchev–Trinajstić information content (AvgIpc) is 3.66. The summed E-state index contributed by atoms with van der Waals surface area (Å²) in [5.74, 6) is 0.939. The van der Waals surface area contributed by atoms with Crippen molar-refractivity contribution in [2.75, 3.05) is 43.5 Å². The second-order valence-electron chi connectivity index (χ2n) is 15.4. The molecule has 300 valence electrons. The van der Waals surface area contributed by atoms with Gasteiger partial charge in [0.05, 0.1) is 47.7 Å². The highest BCUT2D eigenvalue weighted by molar-refractivity contribution is 6.91. The van der Waals surface area contributed by atoms with E-state index < -0.39 is 19.8 Å². The fraction of sp³-hybridized carbons (Fsp3) is 0.283. The van der Waals surface area contributed by atoms with E-state index in [1.807, 2.05) is 48.5 Å². The summed E-state index contributed by atoms with van der Waals surface area (Å²) in [5.41, 5.74) is 2.67. The lowest BCUT2D eigenvalue weighted by Gasteiger charge is -2.37. The molecule has 12 heteroatoms. The lowest BCUT2D eigenvalue weighted by atomic mass is 9.82. The molecule has 1 fully saturated rings. The molecule has 0 aliphatic carbocycles. The Morgan fingerprint density at radius 1 is 0.759 bits per heavy atom. The molecule has 3 N–H and O–H groups in total. The number of benzene rings is 5. The number of carbonyl (C=O) groups is 3. The van der Waals surface area contributed by atoms with Gasteiger partial charge in [0.2, 0.25) is 0 Å². The van der Waals surface area contributed by atoms with Crippen molar-refractivity contribution in [3.05, 3.63) is 138 Å². The number of nitrogens with one attached hydrogen (secondary N) is 2. The largest absolute Gasteiger partial charge is 0.497 e. The van der Waals surface area contributed by atoms with Crippen LogP contribution in [-0.2, 0) is 21.7 Å². The zero-order chi connectivity index (χ0) is 41.2. The minimum atomic E-state index is -2.42. The average molecular weight is 800 g/mol. The molecule has 11 nitrogen and oxygen atoms in total. The Kier molecular flexibility index (Phi) is 11.4. The molecule has 0 saturated carbocycles. The molecular formula is C46H49N3O8Si. The predicted octanol–water partition coefficient (Wildman–Crippen LogP) is 7.36. The van der Waals surface area contributed by atoms with E-state index in [0.29, 0.717) is 51.7 Å². The van der Waals surface area contributed by atoms with E-state index in [4.69, 9.17) is 18.9 Å². The van der Waals surface area contributed by atoms with Crippen molar-refractivity contribution in [3.8, 4) is 17.2 Å². The first-order chi connectivity index (χ1) is 27.9. The van der Waals surface area contributed by atoms with Crippen LogP contribution in [0.4, 0.5) is 17.1 Å². The first-order valence-electron chi connectivity index (χ1n) is 19.3. The Bertz CT molecular complexity index is 2300. The Morgan fingerprint density at radius 3 is 1.83 bits per heavy atom. The molecule has 5 aromatic rings. The molecule has 5 aromatic carbocycles. The van der Waals surface area contributed by atoms with Gasteiger partial charge in [0, 0.05) is 40.6 Å². The number of ether oxygens (including phenoxy) is 4. The van der Waals surface area contributed by atoms with E-state index in [1.54, 1.807) is 80.8 Å². The number of methoxy groups -OCH3 is 3. The summed E-state index contributed by atoms with van der Waals surface area (Å²) in [7, 11) is 2.36. The number of hydrogen-bond donors (Lipinski definition) is 3. The van der Waals surface area contributed by atoms with Gasteiger partial charge in [-0.2, -0.15) is 0 Å². The third kappa shape index (κ3) is 7.46. The number of hydrogen-bond acceptors (Lipinski definition) is 8. The van der Waals surface area contributed by atoms with Crippen molar-refractivity contribution in [3.63, 3.8) is 0 Å². The van der Waals surface area contributed by atoms with E-state index in [9.17, 15) is 14.7 Å². The van der Waals surface area contributed by atoms with Gasteiger partial charge in [0.25, 0.3) is 17.7 Å². The molecule has 2 aliphatic rings. The second-order valence-corrected chi connectivity index (χ2v) is 20.0. The van der Waals surface area contributed by atoms with Gasteiger partial charge in [-0.15, -0.1) is 0 Å². The summed E-state index contributed by atoms with van der Waals surface area (Å²) in [5, 5.41) is 17.6. The number of nitrogens with zero attached hydrogens (tertiary/aromatic N) is 1. The molecule has 0 bridgehead atoms. The number of aliphatic hydroxyl groups excluding tert-OH is 1. The highest BCUT2D eigenvalue weighted by Gasteiger charge is 2.66. The van der Waals surface area contributed by atoms with Crippen LogP contribution in [0.5, 0.6) is 17.2 Å². The van der Waals surface area contributed by atoms with Gasteiger partial charge >= 0.3 is 0 Å². The van der Waals surface area contributed by atoms with Crippen LogP contribution in [0.15, 0.2) is 115 Å². The number of carbonyl (C=O) groups excluding carboxylic acids is 3. The lowest BCUT2D eigenvalue weighted by Crippen LogP contribution is -2.51. The smallest absolute Gasteiger partial charge is 0.264 e. The van der Waals surface area contributed by atoms with Crippen molar-refractivity contribution in [1.29, 1.82) is 0 Å². The standard InChI is InChI=1S/C46H49N3O8Si/c1-29-42(58(5,6)38-21-19-37(56-4)20-22-38)41(24-25-50)57-46(29)39-27-34(48-44(52)32-12-17-36(55-3)18-13-32)14-23-40(39)49(45(46)53)28-30-8-7-9-33(26-30)47-43(51)31-10-15-35(54-2)16-11-31/h7-23,26-27,29,41-42,50H,24-25,28H2,1-6H3,(H,47,51)(H,48,52)/t29-,41+,42-,46+/m1/s1. The Labute approximate surface area is 339 Å². The van der Waals surface area contributed by atoms with Crippen LogP contribution in [0.1, 0.15) is 45.2 Å². The van der Waals surface area contributed by atoms with Gasteiger partial charge < -0.3 is 39.6 Å². The van der Waals surface area contributed by atoms with Gasteiger partial charge in [-0.25, -0.2) is 0 Å². The van der Waals surface area contributed by atoms with E-state index in [0.717, 1.165) is 11.3 Å². The van der Waals surface area contributed by atoms with Gasteiger partial charge in [-0.05, 0) is 109 Å². The summed E-state index contributed by atoms with van der Waals surface area (Å²) >= 11 is 0. The second kappa shape index (κ2) is 16.5. The molecule has 7 rings (SSSR count). The van der Waals surface area contributed by atoms with Gasteiger partial charge in [-0.3, -0.25) is 14.4 Å². The fourth-order valence-electron chi connectivity index (χ4n) is 8.77. The summed E-state index contributed by atoms with van der Waals surface area (Å²) in [4.78, 5) is 43.7. The predicted molar refractivity (Wildman–Crippen MR) is 227 cm³/mol. The molecule has 2 heterocycles. The minimum absolute atomic E-state index is 0.0705. The monoisotopic (exact) mass is 799 g/mol. The number of rotatable bonds is 13. The maximum Gasteiger partial charge on any atom is 0.264 e. The molecule has 2 aliphatic heterocycles. The molecule has 58 heavy (non-hydrogen) atoms. The SMILES string of the molecule is COc1ccc(C(=O)Nc2cccc(CN3C(=O)[C@@]4(O[C@@H](CCO)[C@H]([Si](C)(C)c5ccc(OC)cc5)[C@H]4C)c4cc(NC(=O)c5ccc(OC)cc5)ccc43)c2)cc1. The summed E-state index contributed by atoms with van der Waals surface area (Å²) in [6.45, 7) is 6.76. The molecule has 0 radical (unpaired) electrons. The van der Waals surface area contributed by atoms with E-state index in [1.165, 1.54) is 5.19 Å². The zero-order valence-electron chi connectivity index (χ0n) is 33.6. The normalized spacial score (nSPS) is 19.8. The molecular weight excluding hydrogens is 751 g/mol. The number of amides is 3. The molecule has 0 aromatic heterocycles. The fourth-order valence-corrected chi connectivity index (χ4v) is 12.8. The van der Waals surface area contributed by atoms with Crippen molar-refractivity contribution < 1.29 is 38.4 Å². The number of anilines is 3. The third-order valence-electron chi connectivity index (χ3n) is 11.7. The maximum atomic E-state index is 15.3. The van der Waals surface area contributed by atoms with Crippen molar-refractivity contribution in [2.45, 2.75) is 50.2 Å².